The normalized spacial score (nSPS) is 23.0. The van der Waals surface area contributed by atoms with Crippen LogP contribution < -0.4 is 0 Å². The number of hydrogen-bond donors (Lipinski definition) is 0. The summed E-state index contributed by atoms with van der Waals surface area (Å²) in [6.07, 6.45) is 0. The second-order valence-corrected chi connectivity index (χ2v) is 31.0. The first-order valence-electron chi connectivity index (χ1n) is 29.6. The molecular weight excluding hydrogens is 980 g/mol. The lowest BCUT2D eigenvalue weighted by atomic mass is 9.63. The van der Waals surface area contributed by atoms with E-state index in [1.54, 1.807) is 367 Å². The summed E-state index contributed by atoms with van der Waals surface area (Å²) >= 11 is 0. The van der Waals surface area contributed by atoms with E-state index >= 15 is 4.57 Å². The predicted molar refractivity (Wildman–Crippen MR) is 332 cm³/mol. The average molecular weight is 991 g/mol. The Labute approximate surface area is 429 Å². The fourth-order valence-corrected chi connectivity index (χ4v) is 32.0. The van der Waals surface area contributed by atoms with Crippen LogP contribution in [0.4, 0.5) is 0 Å². The molecule has 5 aliphatic rings. The largest absolute Gasteiger partial charge is 0.336 e. The first-order valence-corrected chi connectivity index (χ1v) is 31.2. The van der Waals surface area contributed by atoms with E-state index in [2.05, 4.69) is 13.8 Å². The van der Waals surface area contributed by atoms with Crippen LogP contribution in [-0.4, -0.2) is 18.9 Å². The minimum absolute atomic E-state index is 0.360. The summed E-state index contributed by atoms with van der Waals surface area (Å²) in [6.45, 7) is 4.88. The van der Waals surface area contributed by atoms with Gasteiger partial charge in [-0.25, -0.2) is 0 Å². The van der Waals surface area contributed by atoms with E-state index in [9.17, 15) is 0 Å². The number of benzene rings is 22. The summed E-state index contributed by atoms with van der Waals surface area (Å²) in [7, 11) is -3.90. The molecule has 1 fully saturated rings. The van der Waals surface area contributed by atoms with Crippen LogP contribution in [0.2, 0.25) is 0 Å². The van der Waals surface area contributed by atoms with E-state index in [4.69, 9.17) is 9.05 Å². The van der Waals surface area contributed by atoms with Gasteiger partial charge in [0.05, 0.1) is 29.7 Å². The zero-order valence-corrected chi connectivity index (χ0v) is 41.6. The molecule has 0 aromatic heterocycles. The van der Waals surface area contributed by atoms with Crippen LogP contribution in [0.5, 0.6) is 0 Å². The zero-order chi connectivity index (χ0) is 47.2. The van der Waals surface area contributed by atoms with E-state index in [1.807, 2.05) is 0 Å². The Morgan fingerprint density at radius 2 is 0.316 bits per heavy atom. The average Bonchev–Trinajstić information content (AvgIpc) is 1.38. The topological polar surface area (TPSA) is 35.5 Å². The minimum Gasteiger partial charge on any atom is -0.309 e. The molecule has 0 aliphatic heterocycles. The SMILES string of the molecule is CCOP(=O)(OCC)C1C23c4c5c6c7c8c9c%10c(c%11c%12c2c2c4c4c%13c5c5c6c6c8c8c9c9c%14c%10c%11c%10c%11c%12c%12c2c2c4c4c%13c%13c5c5c6c6c8c8c9c9c%14c%10c%10c%11c%11c%12c2c2c4c4c%13c5c5c6c8c6c9c%10c8c%11c2c4c5c86)C713. The van der Waals surface area contributed by atoms with Crippen LogP contribution in [0.3, 0.4) is 0 Å². The van der Waals surface area contributed by atoms with Crippen LogP contribution >= 0.6 is 7.60 Å². The number of rotatable bonds is 5. The Balaban J connectivity index is 1.13. The van der Waals surface area contributed by atoms with E-state index in [0.717, 1.165) is 0 Å². The van der Waals surface area contributed by atoms with Crippen molar-refractivity contribution in [1.29, 1.82) is 0 Å². The lowest BCUT2D eigenvalue weighted by Crippen LogP contribution is -2.30. The van der Waals surface area contributed by atoms with Gasteiger partial charge in [-0.3, -0.25) is 4.57 Å². The van der Waals surface area contributed by atoms with Gasteiger partial charge in [0.15, 0.2) is 0 Å². The van der Waals surface area contributed by atoms with Gasteiger partial charge in [-0.05, 0) is 381 Å². The molecule has 38 rings (SSSR count). The van der Waals surface area contributed by atoms with Gasteiger partial charge >= 0.3 is 7.60 Å². The molecule has 5 aliphatic carbocycles. The quantitative estimate of drug-likeness (QED) is 0.0979. The molecule has 4 heteroatoms. The smallest absolute Gasteiger partial charge is 0.309 e. The lowest BCUT2D eigenvalue weighted by molar-refractivity contribution is 0.217. The van der Waals surface area contributed by atoms with Crippen molar-refractivity contribution in [3.05, 3.63) is 22.3 Å². The van der Waals surface area contributed by atoms with Gasteiger partial charge in [-0.1, -0.05) is 0 Å². The highest BCUT2D eigenvalue weighted by molar-refractivity contribution is 7.55. The molecule has 3 atom stereocenters. The third kappa shape index (κ3) is 1.56. The highest BCUT2D eigenvalue weighted by Crippen LogP contribution is 2.95. The summed E-state index contributed by atoms with van der Waals surface area (Å²) < 4.78 is 31.9. The standard InChI is InChI=1S/C75H11O3P/c1-3-77-79(76,78-4-2)73-74-69-61-52-46-31-22-13-7-5-6-8-12-16-9(5)15-11(7)23-24(22)40-41-32(23)33-25(15)30-26(16)38-34-20(12)21-14(8)19-18-10(6)17(13)27(31)36-28(18)37-29(19)39-35(21)43-42(34)53-49(38)55-44(30)45(33)59-58(41)62(60(61)47(40)46)70(74)68(59)66(55)71-64(53)65-54(43)50(39)57-51(37)56(48(36)52)63(69)67(57)72(65)75(71,73)74/h73H,3-4H2,1-2H3. The van der Waals surface area contributed by atoms with E-state index in [1.165, 1.54) is 0 Å². The third-order valence-electron chi connectivity index (χ3n) is 28.9. The summed E-state index contributed by atoms with van der Waals surface area (Å²) in [5.74, 6) is 0. The Morgan fingerprint density at radius 3 is 0.443 bits per heavy atom. The van der Waals surface area contributed by atoms with Crippen molar-refractivity contribution in [2.45, 2.75) is 30.3 Å². The van der Waals surface area contributed by atoms with Gasteiger partial charge in [-0.2, -0.15) is 0 Å². The molecule has 0 saturated heterocycles. The maximum atomic E-state index is 17.6. The zero-order valence-electron chi connectivity index (χ0n) is 40.7. The molecule has 33 aromatic carbocycles. The lowest BCUT2D eigenvalue weighted by Gasteiger charge is -2.37. The Bertz CT molecular complexity index is 8910. The molecule has 0 bridgehead atoms. The molecule has 1 saturated carbocycles. The second kappa shape index (κ2) is 6.66. The van der Waals surface area contributed by atoms with Crippen molar-refractivity contribution in [2.24, 2.45) is 0 Å². The molecule has 79 heavy (non-hydrogen) atoms. The highest BCUT2D eigenvalue weighted by Gasteiger charge is 2.91. The van der Waals surface area contributed by atoms with E-state index < -0.39 is 24.1 Å². The first kappa shape index (κ1) is 29.9. The monoisotopic (exact) mass is 990 g/mol. The van der Waals surface area contributed by atoms with Gasteiger partial charge in [0.2, 0.25) is 0 Å². The van der Waals surface area contributed by atoms with Crippen molar-refractivity contribution >= 4 is 352 Å². The van der Waals surface area contributed by atoms with Crippen LogP contribution in [0.25, 0.3) is 345 Å². The molecule has 0 N–H and O–H groups in total. The summed E-state index contributed by atoms with van der Waals surface area (Å²) in [6, 6.07) is 0. The molecule has 33 aromatic rings. The fraction of sp³-hybridized carbons (Fsp3) is 0.0933. The van der Waals surface area contributed by atoms with Gasteiger partial charge in [0, 0.05) is 0 Å². The Morgan fingerprint density at radius 1 is 0.215 bits per heavy atom. The van der Waals surface area contributed by atoms with Crippen molar-refractivity contribution in [2.75, 3.05) is 13.2 Å². The molecule has 2 spiro atoms. The van der Waals surface area contributed by atoms with Gasteiger partial charge in [0.1, 0.15) is 0 Å². The highest BCUT2D eigenvalue weighted by atomic mass is 31.2. The maximum Gasteiger partial charge on any atom is 0.336 e. The molecular formula is C75H11O3P. The van der Waals surface area contributed by atoms with Gasteiger partial charge in [-0.15, -0.1) is 0 Å². The van der Waals surface area contributed by atoms with Crippen LogP contribution in [0, 0.1) is 0 Å². The molecule has 0 radical (unpaired) electrons. The Kier molecular flexibility index (Phi) is 2.52. The molecule has 0 amide bonds. The summed E-state index contributed by atoms with van der Waals surface area (Å²) in [4.78, 5) is 0. The molecule has 0 heterocycles. The Hall–Kier alpha value is -8.69. The van der Waals surface area contributed by atoms with Crippen molar-refractivity contribution in [3.8, 4) is 0 Å². The molecule has 334 valence electrons. The summed E-state index contributed by atoms with van der Waals surface area (Å²) in [5.41, 5.74) is 4.50. The molecule has 3 unspecified atom stereocenters. The van der Waals surface area contributed by atoms with Crippen LogP contribution in [0.1, 0.15) is 36.1 Å². The first-order chi connectivity index (χ1) is 39.2. The van der Waals surface area contributed by atoms with E-state index in [0.29, 0.717) is 13.2 Å². The third-order valence-corrected chi connectivity index (χ3v) is 31.5. The van der Waals surface area contributed by atoms with Gasteiger partial charge < -0.3 is 9.05 Å². The van der Waals surface area contributed by atoms with Crippen molar-refractivity contribution in [3.63, 3.8) is 0 Å². The maximum absolute atomic E-state index is 17.6. The fourth-order valence-electron chi connectivity index (χ4n) is 29.1. The van der Waals surface area contributed by atoms with Crippen molar-refractivity contribution in [1.82, 2.24) is 0 Å². The second-order valence-electron chi connectivity index (χ2n) is 28.9. The molecule has 3 nitrogen and oxygen atoms in total. The van der Waals surface area contributed by atoms with Gasteiger partial charge in [0.25, 0.3) is 0 Å². The van der Waals surface area contributed by atoms with Crippen LogP contribution in [0.15, 0.2) is 0 Å². The van der Waals surface area contributed by atoms with E-state index in [-0.39, 0.29) is 0 Å². The summed E-state index contributed by atoms with van der Waals surface area (Å²) in [5, 5.41) is 102. The predicted octanol–water partition coefficient (Wildman–Crippen LogP) is 20.9. The minimum atomic E-state index is -3.90. The number of hydrogen-bond acceptors (Lipinski definition) is 3. The van der Waals surface area contributed by atoms with Crippen molar-refractivity contribution < 1.29 is 13.6 Å². The van der Waals surface area contributed by atoms with Crippen LogP contribution in [-0.2, 0) is 24.4 Å².